The van der Waals surface area contributed by atoms with Crippen LogP contribution in [0.4, 0.5) is 5.69 Å². The lowest BCUT2D eigenvalue weighted by atomic mass is 10.2. The van der Waals surface area contributed by atoms with Crippen LogP contribution in [0.5, 0.6) is 5.75 Å². The van der Waals surface area contributed by atoms with Gasteiger partial charge in [0.05, 0.1) is 10.7 Å². The maximum atomic E-state index is 5.92. The molecule has 0 bridgehead atoms. The number of halogens is 1. The van der Waals surface area contributed by atoms with Gasteiger partial charge in [-0.1, -0.05) is 41.9 Å². The lowest BCUT2D eigenvalue weighted by Crippen LogP contribution is -2.07. The van der Waals surface area contributed by atoms with E-state index in [0.29, 0.717) is 17.3 Å². The number of anilines is 1. The molecule has 0 spiro atoms. The highest BCUT2D eigenvalue weighted by atomic mass is 35.5. The number of hydrogen-bond donors (Lipinski definition) is 2. The fourth-order valence-electron chi connectivity index (χ4n) is 1.45. The Labute approximate surface area is 105 Å². The van der Waals surface area contributed by atoms with Gasteiger partial charge in [0, 0.05) is 6.07 Å². The van der Waals surface area contributed by atoms with Gasteiger partial charge in [0.2, 0.25) is 0 Å². The number of hydrogen-bond acceptors (Lipinski definition) is 3. The van der Waals surface area contributed by atoms with E-state index in [1.54, 1.807) is 12.1 Å². The Bertz CT molecular complexity index is 488. The van der Waals surface area contributed by atoms with Crippen LogP contribution in [0.1, 0.15) is 5.56 Å². The first kappa shape index (κ1) is 11.8. The third-order valence-corrected chi connectivity index (χ3v) is 2.67. The predicted molar refractivity (Wildman–Crippen MR) is 70.0 cm³/mol. The molecule has 0 aliphatic heterocycles. The van der Waals surface area contributed by atoms with Crippen molar-refractivity contribution in [3.8, 4) is 5.75 Å². The van der Waals surface area contributed by atoms with Gasteiger partial charge in [-0.15, -0.1) is 0 Å². The third-order valence-electron chi connectivity index (χ3n) is 2.34. The van der Waals surface area contributed by atoms with Crippen molar-refractivity contribution in [1.29, 1.82) is 0 Å². The molecule has 0 saturated heterocycles. The quantitative estimate of drug-likeness (QED) is 0.645. The van der Waals surface area contributed by atoms with E-state index in [0.717, 1.165) is 11.3 Å². The molecule has 4 heteroatoms. The average molecular weight is 249 g/mol. The van der Waals surface area contributed by atoms with Gasteiger partial charge in [-0.2, -0.15) is 0 Å². The molecule has 0 unspecified atom stereocenters. The lowest BCUT2D eigenvalue weighted by Gasteiger charge is -2.09. The third kappa shape index (κ3) is 3.12. The molecule has 2 aromatic carbocycles. The van der Waals surface area contributed by atoms with Crippen molar-refractivity contribution < 1.29 is 4.74 Å². The zero-order valence-electron chi connectivity index (χ0n) is 9.19. The Balaban J connectivity index is 2.04. The summed E-state index contributed by atoms with van der Waals surface area (Å²) in [6.07, 6.45) is 0. The molecule has 0 aliphatic rings. The van der Waals surface area contributed by atoms with E-state index in [4.69, 9.17) is 22.2 Å². The van der Waals surface area contributed by atoms with E-state index in [2.05, 4.69) is 5.43 Å². The predicted octanol–water partition coefficient (Wildman–Crippen LogP) is 3.20. The van der Waals surface area contributed by atoms with Gasteiger partial charge in [-0.25, -0.2) is 0 Å². The fourth-order valence-corrected chi connectivity index (χ4v) is 1.62. The van der Waals surface area contributed by atoms with Crippen molar-refractivity contribution >= 4 is 17.3 Å². The van der Waals surface area contributed by atoms with E-state index >= 15 is 0 Å². The molecule has 2 aromatic rings. The number of rotatable bonds is 4. The van der Waals surface area contributed by atoms with Crippen molar-refractivity contribution in [1.82, 2.24) is 0 Å². The summed E-state index contributed by atoms with van der Waals surface area (Å²) in [7, 11) is 0. The van der Waals surface area contributed by atoms with E-state index in [1.165, 1.54) is 0 Å². The number of nitrogens with two attached hydrogens (primary N) is 1. The Hall–Kier alpha value is -1.71. The largest absolute Gasteiger partial charge is 0.489 e. The lowest BCUT2D eigenvalue weighted by molar-refractivity contribution is 0.306. The zero-order valence-corrected chi connectivity index (χ0v) is 9.95. The van der Waals surface area contributed by atoms with Crippen LogP contribution in [0, 0.1) is 0 Å². The van der Waals surface area contributed by atoms with Gasteiger partial charge in [0.25, 0.3) is 0 Å². The summed E-state index contributed by atoms with van der Waals surface area (Å²) in [5.74, 6) is 6.06. The van der Waals surface area contributed by atoms with E-state index in [-0.39, 0.29) is 0 Å². The first-order valence-electron chi connectivity index (χ1n) is 5.22. The second kappa shape index (κ2) is 5.57. The summed E-state index contributed by atoms with van der Waals surface area (Å²) >= 11 is 5.92. The summed E-state index contributed by atoms with van der Waals surface area (Å²) in [5.41, 5.74) is 4.29. The summed E-state index contributed by atoms with van der Waals surface area (Å²) in [4.78, 5) is 0. The second-order valence-corrected chi connectivity index (χ2v) is 3.97. The minimum atomic E-state index is 0.520. The number of hydrazine groups is 1. The molecule has 0 fully saturated rings. The smallest absolute Gasteiger partial charge is 0.122 e. The van der Waals surface area contributed by atoms with Crippen LogP contribution in [0.3, 0.4) is 0 Å². The summed E-state index contributed by atoms with van der Waals surface area (Å²) in [6.45, 7) is 0.520. The molecular weight excluding hydrogens is 236 g/mol. The summed E-state index contributed by atoms with van der Waals surface area (Å²) < 4.78 is 5.64. The van der Waals surface area contributed by atoms with Gasteiger partial charge >= 0.3 is 0 Å². The van der Waals surface area contributed by atoms with Crippen LogP contribution in [-0.4, -0.2) is 0 Å². The molecule has 0 aromatic heterocycles. The normalized spacial score (nSPS) is 10.0. The molecule has 0 aliphatic carbocycles. The minimum Gasteiger partial charge on any atom is -0.489 e. The fraction of sp³-hybridized carbons (Fsp3) is 0.0769. The summed E-state index contributed by atoms with van der Waals surface area (Å²) in [6, 6.07) is 15.3. The van der Waals surface area contributed by atoms with Crippen LogP contribution < -0.4 is 16.0 Å². The molecule has 0 heterocycles. The molecule has 0 amide bonds. The van der Waals surface area contributed by atoms with Gasteiger partial charge in [0.15, 0.2) is 0 Å². The zero-order chi connectivity index (χ0) is 12.1. The van der Waals surface area contributed by atoms with Gasteiger partial charge in [0.1, 0.15) is 12.4 Å². The van der Waals surface area contributed by atoms with Crippen LogP contribution in [0.25, 0.3) is 0 Å². The number of ether oxygens (including phenoxy) is 1. The van der Waals surface area contributed by atoms with Crippen LogP contribution in [0.15, 0.2) is 48.5 Å². The Morgan fingerprint density at radius 2 is 1.88 bits per heavy atom. The molecule has 0 saturated carbocycles. The molecule has 17 heavy (non-hydrogen) atoms. The first-order valence-corrected chi connectivity index (χ1v) is 5.60. The highest BCUT2D eigenvalue weighted by Crippen LogP contribution is 2.26. The maximum Gasteiger partial charge on any atom is 0.122 e. The molecular formula is C13H13ClN2O. The Morgan fingerprint density at radius 3 is 2.59 bits per heavy atom. The minimum absolute atomic E-state index is 0.520. The number of benzene rings is 2. The Morgan fingerprint density at radius 1 is 1.12 bits per heavy atom. The number of nitrogen functional groups attached to an aromatic ring is 1. The van der Waals surface area contributed by atoms with Crippen LogP contribution in [0.2, 0.25) is 5.02 Å². The van der Waals surface area contributed by atoms with E-state index in [9.17, 15) is 0 Å². The molecule has 3 nitrogen and oxygen atoms in total. The second-order valence-electron chi connectivity index (χ2n) is 3.56. The van der Waals surface area contributed by atoms with Crippen molar-refractivity contribution in [2.45, 2.75) is 6.61 Å². The monoisotopic (exact) mass is 248 g/mol. The van der Waals surface area contributed by atoms with Gasteiger partial charge in [-0.3, -0.25) is 5.84 Å². The average Bonchev–Trinajstić information content (AvgIpc) is 2.39. The van der Waals surface area contributed by atoms with Crippen LogP contribution in [-0.2, 0) is 6.61 Å². The van der Waals surface area contributed by atoms with Gasteiger partial charge in [-0.05, 0) is 17.7 Å². The maximum absolute atomic E-state index is 5.92. The van der Waals surface area contributed by atoms with Crippen molar-refractivity contribution in [3.05, 3.63) is 59.1 Å². The molecule has 88 valence electrons. The topological polar surface area (TPSA) is 47.3 Å². The molecule has 0 atom stereocenters. The van der Waals surface area contributed by atoms with Crippen LogP contribution >= 0.6 is 11.6 Å². The van der Waals surface area contributed by atoms with Crippen molar-refractivity contribution in [2.75, 3.05) is 5.43 Å². The van der Waals surface area contributed by atoms with E-state index < -0.39 is 0 Å². The summed E-state index contributed by atoms with van der Waals surface area (Å²) in [5, 5.41) is 0.569. The van der Waals surface area contributed by atoms with Crippen molar-refractivity contribution in [3.63, 3.8) is 0 Å². The van der Waals surface area contributed by atoms with E-state index in [1.807, 2.05) is 36.4 Å². The highest BCUT2D eigenvalue weighted by Gasteiger charge is 2.01. The molecule has 0 radical (unpaired) electrons. The van der Waals surface area contributed by atoms with Crippen molar-refractivity contribution in [2.24, 2.45) is 5.84 Å². The molecule has 2 rings (SSSR count). The molecule has 3 N–H and O–H groups in total. The highest BCUT2D eigenvalue weighted by molar-refractivity contribution is 6.33. The SMILES string of the molecule is NNc1cc(OCc2ccccc2)ccc1Cl. The Kier molecular flexibility index (Phi) is 3.85. The van der Waals surface area contributed by atoms with Gasteiger partial charge < -0.3 is 10.2 Å². The first-order chi connectivity index (χ1) is 8.29. The number of nitrogens with one attached hydrogen (secondary N) is 1. The standard InChI is InChI=1S/C13H13ClN2O/c14-12-7-6-11(8-13(12)16-15)17-9-10-4-2-1-3-5-10/h1-8,16H,9,15H2.